The maximum atomic E-state index is 12.2. The molecule has 0 aliphatic heterocycles. The lowest BCUT2D eigenvalue weighted by Crippen LogP contribution is -2.29. The molecule has 0 unspecified atom stereocenters. The van der Waals surface area contributed by atoms with E-state index in [4.69, 9.17) is 4.74 Å². The number of para-hydroxylation sites is 2. The van der Waals surface area contributed by atoms with Crippen molar-refractivity contribution in [2.45, 2.75) is 27.0 Å². The molecule has 2 aromatic rings. The Balaban J connectivity index is 2.39. The first-order chi connectivity index (χ1) is 11.9. The Hall–Kier alpha value is -3.22. The van der Waals surface area contributed by atoms with Gasteiger partial charge in [-0.3, -0.25) is 19.7 Å². The summed E-state index contributed by atoms with van der Waals surface area (Å²) in [7, 11) is 0. The molecule has 1 amide bonds. The number of hydrogen-bond donors (Lipinski definition) is 0. The Morgan fingerprint density at radius 2 is 1.64 bits per heavy atom. The highest BCUT2D eigenvalue weighted by molar-refractivity contribution is 5.92. The zero-order chi connectivity index (χ0) is 18.4. The highest BCUT2D eigenvalue weighted by atomic mass is 16.6. The normalized spacial score (nSPS) is 10.2. The Morgan fingerprint density at radius 1 is 1.04 bits per heavy atom. The van der Waals surface area contributed by atoms with E-state index in [2.05, 4.69) is 0 Å². The lowest BCUT2D eigenvalue weighted by molar-refractivity contribution is -0.385. The molecule has 0 N–H and O–H groups in total. The Bertz CT molecular complexity index is 804. The van der Waals surface area contributed by atoms with E-state index in [1.54, 1.807) is 42.5 Å². The number of benzene rings is 2. The lowest BCUT2D eigenvalue weighted by Gasteiger charge is -2.24. The lowest BCUT2D eigenvalue weighted by atomic mass is 10.1. The van der Waals surface area contributed by atoms with Crippen LogP contribution in [0.25, 0.3) is 0 Å². The summed E-state index contributed by atoms with van der Waals surface area (Å²) in [6, 6.07) is 13.3. The van der Waals surface area contributed by atoms with Crippen molar-refractivity contribution in [3.8, 4) is 0 Å². The zero-order valence-electron chi connectivity index (χ0n) is 14.0. The van der Waals surface area contributed by atoms with Gasteiger partial charge in [-0.15, -0.1) is 0 Å². The molecule has 0 aromatic heterocycles. The molecule has 0 aliphatic rings. The molecule has 0 fully saturated rings. The van der Waals surface area contributed by atoms with Crippen molar-refractivity contribution in [3.05, 3.63) is 69.8 Å². The predicted molar refractivity (Wildman–Crippen MR) is 91.9 cm³/mol. The number of anilines is 1. The molecule has 0 spiro atoms. The molecule has 25 heavy (non-hydrogen) atoms. The summed E-state index contributed by atoms with van der Waals surface area (Å²) in [5.74, 6) is -0.698. The molecule has 0 radical (unpaired) electrons. The standard InChI is InChI=1S/C18H18N2O5/c1-13(21)19(11-15-7-3-6-10-18(15)20(23)24)17-9-5-4-8-16(17)12-25-14(2)22/h3-10H,11-12H2,1-2H3. The van der Waals surface area contributed by atoms with Gasteiger partial charge < -0.3 is 9.64 Å². The van der Waals surface area contributed by atoms with Crippen LogP contribution in [0.1, 0.15) is 25.0 Å². The fraction of sp³-hybridized carbons (Fsp3) is 0.222. The van der Waals surface area contributed by atoms with Gasteiger partial charge in [-0.2, -0.15) is 0 Å². The van der Waals surface area contributed by atoms with Crippen LogP contribution in [0.4, 0.5) is 11.4 Å². The van der Waals surface area contributed by atoms with E-state index in [0.29, 0.717) is 16.8 Å². The van der Waals surface area contributed by atoms with Crippen LogP contribution in [0.2, 0.25) is 0 Å². The van der Waals surface area contributed by atoms with Crippen LogP contribution < -0.4 is 4.90 Å². The third-order valence-corrected chi connectivity index (χ3v) is 3.61. The zero-order valence-corrected chi connectivity index (χ0v) is 14.0. The predicted octanol–water partition coefficient (Wildman–Crippen LogP) is 3.21. The molecule has 2 aromatic carbocycles. The molecule has 130 valence electrons. The highest BCUT2D eigenvalue weighted by Gasteiger charge is 2.20. The van der Waals surface area contributed by atoms with E-state index < -0.39 is 10.9 Å². The van der Waals surface area contributed by atoms with Gasteiger partial charge >= 0.3 is 5.97 Å². The van der Waals surface area contributed by atoms with Crippen molar-refractivity contribution in [2.24, 2.45) is 0 Å². The van der Waals surface area contributed by atoms with Crippen LogP contribution in [0.3, 0.4) is 0 Å². The Morgan fingerprint density at radius 3 is 2.24 bits per heavy atom. The molecule has 2 rings (SSSR count). The van der Waals surface area contributed by atoms with E-state index in [1.165, 1.54) is 24.8 Å². The fourth-order valence-corrected chi connectivity index (χ4v) is 2.43. The first kappa shape index (κ1) is 18.1. The molecule has 0 heterocycles. The number of nitrogens with zero attached hydrogens (tertiary/aromatic N) is 2. The molecule has 0 atom stereocenters. The average Bonchev–Trinajstić information content (AvgIpc) is 2.58. The van der Waals surface area contributed by atoms with Gasteiger partial charge in [-0.1, -0.05) is 36.4 Å². The highest BCUT2D eigenvalue weighted by Crippen LogP contribution is 2.26. The maximum Gasteiger partial charge on any atom is 0.302 e. The second-order valence-electron chi connectivity index (χ2n) is 5.40. The number of ether oxygens (including phenoxy) is 1. The number of rotatable bonds is 6. The monoisotopic (exact) mass is 342 g/mol. The molecular formula is C18H18N2O5. The van der Waals surface area contributed by atoms with Gasteiger partial charge in [0, 0.05) is 31.0 Å². The van der Waals surface area contributed by atoms with Crippen molar-refractivity contribution >= 4 is 23.3 Å². The number of nitro benzene ring substituents is 1. The topological polar surface area (TPSA) is 89.8 Å². The van der Waals surface area contributed by atoms with Crippen LogP contribution >= 0.6 is 0 Å². The molecule has 0 saturated carbocycles. The maximum absolute atomic E-state index is 12.2. The van der Waals surface area contributed by atoms with Gasteiger partial charge in [0.05, 0.1) is 17.2 Å². The summed E-state index contributed by atoms with van der Waals surface area (Å²) in [5, 5.41) is 11.2. The van der Waals surface area contributed by atoms with E-state index >= 15 is 0 Å². The summed E-state index contributed by atoms with van der Waals surface area (Å²) in [6.45, 7) is 2.76. The fourth-order valence-electron chi connectivity index (χ4n) is 2.43. The number of carbonyl (C=O) groups excluding carboxylic acids is 2. The molecule has 0 bridgehead atoms. The van der Waals surface area contributed by atoms with Gasteiger partial charge in [0.15, 0.2) is 0 Å². The summed E-state index contributed by atoms with van der Waals surface area (Å²) in [4.78, 5) is 35.4. The minimum absolute atomic E-state index is 0.0200. The van der Waals surface area contributed by atoms with Crippen LogP contribution in [-0.2, 0) is 27.5 Å². The van der Waals surface area contributed by atoms with E-state index in [9.17, 15) is 19.7 Å². The minimum Gasteiger partial charge on any atom is -0.461 e. The number of amides is 1. The Labute approximate surface area is 145 Å². The van der Waals surface area contributed by atoms with Crippen molar-refractivity contribution in [1.29, 1.82) is 0 Å². The average molecular weight is 342 g/mol. The summed E-state index contributed by atoms with van der Waals surface area (Å²) < 4.78 is 5.03. The summed E-state index contributed by atoms with van der Waals surface area (Å²) in [5.41, 5.74) is 1.57. The van der Waals surface area contributed by atoms with Gasteiger partial charge in [-0.25, -0.2) is 0 Å². The van der Waals surface area contributed by atoms with Gasteiger partial charge in [0.25, 0.3) is 5.69 Å². The number of hydrogen-bond acceptors (Lipinski definition) is 5. The minimum atomic E-state index is -0.474. The van der Waals surface area contributed by atoms with Crippen LogP contribution in [0, 0.1) is 10.1 Å². The SMILES string of the molecule is CC(=O)OCc1ccccc1N(Cc1ccccc1[N+](=O)[O-])C(C)=O. The first-order valence-electron chi connectivity index (χ1n) is 7.62. The molecular weight excluding hydrogens is 324 g/mol. The quantitative estimate of drug-likeness (QED) is 0.457. The van der Waals surface area contributed by atoms with Crippen molar-refractivity contribution < 1.29 is 19.2 Å². The number of esters is 1. The number of nitro groups is 1. The molecule has 7 nitrogen and oxygen atoms in total. The van der Waals surface area contributed by atoms with Crippen LogP contribution in [0.15, 0.2) is 48.5 Å². The van der Waals surface area contributed by atoms with Gasteiger partial charge in [0.2, 0.25) is 5.91 Å². The van der Waals surface area contributed by atoms with Crippen LogP contribution in [0.5, 0.6) is 0 Å². The van der Waals surface area contributed by atoms with Crippen LogP contribution in [-0.4, -0.2) is 16.8 Å². The second kappa shape index (κ2) is 8.05. The smallest absolute Gasteiger partial charge is 0.302 e. The van der Waals surface area contributed by atoms with E-state index in [0.717, 1.165) is 0 Å². The van der Waals surface area contributed by atoms with E-state index in [1.807, 2.05) is 0 Å². The third-order valence-electron chi connectivity index (χ3n) is 3.61. The van der Waals surface area contributed by atoms with Crippen molar-refractivity contribution in [3.63, 3.8) is 0 Å². The molecule has 0 aliphatic carbocycles. The Kier molecular flexibility index (Phi) is 5.84. The van der Waals surface area contributed by atoms with Gasteiger partial charge in [0.1, 0.15) is 6.61 Å². The molecule has 7 heteroatoms. The van der Waals surface area contributed by atoms with Crippen molar-refractivity contribution in [1.82, 2.24) is 0 Å². The second-order valence-corrected chi connectivity index (χ2v) is 5.40. The van der Waals surface area contributed by atoms with Crippen molar-refractivity contribution in [2.75, 3.05) is 4.90 Å². The summed E-state index contributed by atoms with van der Waals surface area (Å²) in [6.07, 6.45) is 0. The largest absolute Gasteiger partial charge is 0.461 e. The summed E-state index contributed by atoms with van der Waals surface area (Å²) >= 11 is 0. The van der Waals surface area contributed by atoms with Gasteiger partial charge in [-0.05, 0) is 6.07 Å². The molecule has 0 saturated heterocycles. The van der Waals surface area contributed by atoms with E-state index in [-0.39, 0.29) is 24.7 Å². The third kappa shape index (κ3) is 4.63. The number of carbonyl (C=O) groups is 2. The first-order valence-corrected chi connectivity index (χ1v) is 7.62.